The van der Waals surface area contributed by atoms with Gasteiger partial charge in [-0.2, -0.15) is 13.2 Å². The summed E-state index contributed by atoms with van der Waals surface area (Å²) in [5, 5.41) is 7.68. The van der Waals surface area contributed by atoms with Gasteiger partial charge in [-0.25, -0.2) is 4.79 Å². The molecule has 11 heteroatoms. The van der Waals surface area contributed by atoms with Crippen molar-refractivity contribution in [2.24, 2.45) is 0 Å². The number of hydrogen-bond donors (Lipinski definition) is 3. The average Bonchev–Trinajstić information content (AvgIpc) is 3.34. The number of pyridine rings is 1. The molecule has 1 aliphatic carbocycles. The molecule has 1 aromatic heterocycles. The van der Waals surface area contributed by atoms with Crippen LogP contribution < -0.4 is 25.4 Å². The lowest BCUT2D eigenvalue weighted by atomic mass is 10.1. The molecule has 0 spiro atoms. The van der Waals surface area contributed by atoms with Gasteiger partial charge in [0.05, 0.1) is 17.5 Å². The highest BCUT2D eigenvalue weighted by Crippen LogP contribution is 2.54. The first-order valence-corrected chi connectivity index (χ1v) is 10.6. The van der Waals surface area contributed by atoms with E-state index in [2.05, 4.69) is 20.9 Å². The molecule has 0 radical (unpaired) electrons. The van der Waals surface area contributed by atoms with Crippen LogP contribution in [0.25, 0.3) is 0 Å². The number of benzene rings is 2. The van der Waals surface area contributed by atoms with Crippen LogP contribution in [0.15, 0.2) is 60.8 Å². The molecule has 180 valence electrons. The average molecular weight is 484 g/mol. The van der Waals surface area contributed by atoms with E-state index in [4.69, 9.17) is 9.47 Å². The number of amides is 3. The Kier molecular flexibility index (Phi) is 5.46. The van der Waals surface area contributed by atoms with Gasteiger partial charge in [-0.15, -0.1) is 0 Å². The summed E-state index contributed by atoms with van der Waals surface area (Å²) in [5.74, 6) is 1.17. The van der Waals surface area contributed by atoms with Gasteiger partial charge in [0, 0.05) is 30.6 Å². The third-order valence-corrected chi connectivity index (χ3v) is 5.73. The summed E-state index contributed by atoms with van der Waals surface area (Å²) in [5.41, 5.74) is 0.249. The van der Waals surface area contributed by atoms with Crippen LogP contribution in [-0.4, -0.2) is 36.1 Å². The second kappa shape index (κ2) is 8.49. The molecule has 1 aliphatic heterocycles. The molecule has 0 saturated heterocycles. The molecule has 3 aromatic rings. The summed E-state index contributed by atoms with van der Waals surface area (Å²) in [6, 6.07) is 11.9. The lowest BCUT2D eigenvalue weighted by Gasteiger charge is -2.13. The number of urea groups is 1. The Morgan fingerprint density at radius 2 is 1.86 bits per heavy atom. The van der Waals surface area contributed by atoms with Crippen molar-refractivity contribution >= 4 is 17.6 Å². The predicted octanol–water partition coefficient (Wildman–Crippen LogP) is 4.30. The third-order valence-electron chi connectivity index (χ3n) is 5.73. The molecule has 5 rings (SSSR count). The fourth-order valence-electron chi connectivity index (χ4n) is 4.03. The maximum absolute atomic E-state index is 12.9. The van der Waals surface area contributed by atoms with Crippen LogP contribution in [0.4, 0.5) is 23.7 Å². The molecule has 2 heterocycles. The van der Waals surface area contributed by atoms with Crippen LogP contribution in [0, 0.1) is 0 Å². The van der Waals surface area contributed by atoms with E-state index in [1.165, 1.54) is 31.4 Å². The quantitative estimate of drug-likeness (QED) is 0.501. The van der Waals surface area contributed by atoms with E-state index in [0.717, 1.165) is 17.7 Å². The fourth-order valence-corrected chi connectivity index (χ4v) is 4.03. The van der Waals surface area contributed by atoms with Crippen molar-refractivity contribution in [3.63, 3.8) is 0 Å². The van der Waals surface area contributed by atoms with Gasteiger partial charge >= 0.3 is 12.2 Å². The largest absolute Gasteiger partial charge is 0.487 e. The van der Waals surface area contributed by atoms with E-state index in [1.54, 1.807) is 24.3 Å². The molecular weight excluding hydrogens is 465 g/mol. The standard InChI is InChI=1S/C24H19F3N4O4/c1-28-22(32)17-11-15(7-8-29-17)34-14-5-6-18-16(10-14)19-20(21(19)35-18)31-23(33)30-13-4-2-3-12(9-13)24(25,26)27/h2-11,19-21H,1H3,(H,28,32)(H2,30,31,33). The highest BCUT2D eigenvalue weighted by Gasteiger charge is 2.59. The molecule has 3 unspecified atom stereocenters. The van der Waals surface area contributed by atoms with E-state index in [9.17, 15) is 22.8 Å². The van der Waals surface area contributed by atoms with Crippen molar-refractivity contribution < 1.29 is 32.2 Å². The summed E-state index contributed by atoms with van der Waals surface area (Å²) in [7, 11) is 1.51. The normalized spacial score (nSPS) is 19.6. The van der Waals surface area contributed by atoms with Crippen molar-refractivity contribution in [3.05, 3.63) is 77.6 Å². The summed E-state index contributed by atoms with van der Waals surface area (Å²) in [6.45, 7) is 0. The van der Waals surface area contributed by atoms with Crippen LogP contribution in [0.1, 0.15) is 27.5 Å². The number of aromatic nitrogens is 1. The minimum Gasteiger partial charge on any atom is -0.487 e. The molecule has 2 aromatic carbocycles. The Labute approximate surface area is 197 Å². The molecule has 3 N–H and O–H groups in total. The molecular formula is C24H19F3N4O4. The number of nitrogens with one attached hydrogen (secondary N) is 3. The number of rotatable bonds is 5. The number of anilines is 1. The Morgan fingerprint density at radius 3 is 2.63 bits per heavy atom. The van der Waals surface area contributed by atoms with E-state index in [1.807, 2.05) is 0 Å². The number of ether oxygens (including phenoxy) is 2. The zero-order chi connectivity index (χ0) is 24.7. The Morgan fingerprint density at radius 1 is 1.06 bits per heavy atom. The number of halogens is 3. The van der Waals surface area contributed by atoms with Crippen molar-refractivity contribution in [2.75, 3.05) is 12.4 Å². The molecule has 0 bridgehead atoms. The molecule has 8 nitrogen and oxygen atoms in total. The minimum atomic E-state index is -4.50. The number of fused-ring (bicyclic) bond motifs is 3. The number of carbonyl (C=O) groups is 2. The van der Waals surface area contributed by atoms with Crippen LogP contribution >= 0.6 is 0 Å². The van der Waals surface area contributed by atoms with Gasteiger partial charge in [-0.05, 0) is 42.5 Å². The Hall–Kier alpha value is -4.28. The van der Waals surface area contributed by atoms with E-state index in [-0.39, 0.29) is 35.4 Å². The second-order valence-electron chi connectivity index (χ2n) is 8.07. The predicted molar refractivity (Wildman–Crippen MR) is 119 cm³/mol. The van der Waals surface area contributed by atoms with Gasteiger partial charge in [0.2, 0.25) is 0 Å². The number of carbonyl (C=O) groups excluding carboxylic acids is 2. The maximum atomic E-state index is 12.9. The monoisotopic (exact) mass is 484 g/mol. The number of alkyl halides is 3. The zero-order valence-electron chi connectivity index (χ0n) is 18.2. The van der Waals surface area contributed by atoms with Gasteiger partial charge in [0.1, 0.15) is 29.0 Å². The van der Waals surface area contributed by atoms with Crippen LogP contribution in [-0.2, 0) is 6.18 Å². The summed E-state index contributed by atoms with van der Waals surface area (Å²) < 4.78 is 50.4. The van der Waals surface area contributed by atoms with E-state index >= 15 is 0 Å². The van der Waals surface area contributed by atoms with Gasteiger partial charge in [0.15, 0.2) is 0 Å². The highest BCUT2D eigenvalue weighted by atomic mass is 19.4. The summed E-state index contributed by atoms with van der Waals surface area (Å²) in [4.78, 5) is 28.1. The minimum absolute atomic E-state index is 0.0358. The lowest BCUT2D eigenvalue weighted by molar-refractivity contribution is -0.137. The maximum Gasteiger partial charge on any atom is 0.416 e. The highest BCUT2D eigenvalue weighted by molar-refractivity contribution is 5.92. The third kappa shape index (κ3) is 4.57. The van der Waals surface area contributed by atoms with Gasteiger partial charge in [0.25, 0.3) is 5.91 Å². The smallest absolute Gasteiger partial charge is 0.416 e. The molecule has 3 atom stereocenters. The summed E-state index contributed by atoms with van der Waals surface area (Å²) >= 11 is 0. The van der Waals surface area contributed by atoms with Crippen LogP contribution in [0.2, 0.25) is 0 Å². The Bertz CT molecular complexity index is 1310. The van der Waals surface area contributed by atoms with Crippen molar-refractivity contribution in [3.8, 4) is 17.2 Å². The lowest BCUT2D eigenvalue weighted by Crippen LogP contribution is -2.34. The molecule has 3 amide bonds. The Balaban J connectivity index is 1.23. The fraction of sp³-hybridized carbons (Fsp3) is 0.208. The molecule has 2 aliphatic rings. The summed E-state index contributed by atoms with van der Waals surface area (Å²) in [6.07, 6.45) is -3.30. The van der Waals surface area contributed by atoms with Crippen LogP contribution in [0.3, 0.4) is 0 Å². The van der Waals surface area contributed by atoms with Crippen molar-refractivity contribution in [2.45, 2.75) is 24.2 Å². The number of hydrogen-bond acceptors (Lipinski definition) is 5. The zero-order valence-corrected chi connectivity index (χ0v) is 18.2. The van der Waals surface area contributed by atoms with E-state index < -0.39 is 17.8 Å². The topological polar surface area (TPSA) is 102 Å². The van der Waals surface area contributed by atoms with E-state index in [0.29, 0.717) is 17.2 Å². The van der Waals surface area contributed by atoms with Crippen molar-refractivity contribution in [1.29, 1.82) is 0 Å². The molecule has 35 heavy (non-hydrogen) atoms. The second-order valence-corrected chi connectivity index (χ2v) is 8.07. The first-order chi connectivity index (χ1) is 16.7. The first-order valence-electron chi connectivity index (χ1n) is 10.6. The first kappa shape index (κ1) is 22.5. The SMILES string of the molecule is CNC(=O)c1cc(Oc2ccc3c(c2)C2C(NC(=O)Nc4cccc(C(F)(F)F)c4)C2O3)ccn1. The van der Waals surface area contributed by atoms with Gasteiger partial charge in [-0.3, -0.25) is 9.78 Å². The van der Waals surface area contributed by atoms with Gasteiger partial charge < -0.3 is 25.4 Å². The van der Waals surface area contributed by atoms with Crippen LogP contribution in [0.5, 0.6) is 17.2 Å². The molecule has 1 fully saturated rings. The number of nitrogens with zero attached hydrogens (tertiary/aromatic N) is 1. The van der Waals surface area contributed by atoms with Gasteiger partial charge in [-0.1, -0.05) is 6.07 Å². The van der Waals surface area contributed by atoms with Crippen molar-refractivity contribution in [1.82, 2.24) is 15.6 Å². The molecule has 1 saturated carbocycles.